The number of β-amino-alcohol motifs (C(OH)–C–C–N with tert-alkyl or cyclic N) is 1. The number of halogens is 3. The number of pyridine rings is 1. The molecule has 2 aliphatic heterocycles. The molecule has 412 valence electrons. The third-order valence-electron chi connectivity index (χ3n) is 14.5. The van der Waals surface area contributed by atoms with Crippen LogP contribution in [0.25, 0.3) is 21.6 Å². The summed E-state index contributed by atoms with van der Waals surface area (Å²) in [7, 11) is 0. The van der Waals surface area contributed by atoms with Crippen LogP contribution in [0, 0.1) is 18.2 Å². The van der Waals surface area contributed by atoms with E-state index in [1.807, 2.05) is 85.4 Å². The van der Waals surface area contributed by atoms with Crippen molar-refractivity contribution >= 4 is 58.1 Å². The van der Waals surface area contributed by atoms with E-state index in [2.05, 4.69) is 35.8 Å². The minimum atomic E-state index is -0.862. The second-order valence-corrected chi connectivity index (χ2v) is 23.1. The van der Waals surface area contributed by atoms with Gasteiger partial charge in [0.2, 0.25) is 17.7 Å². The molecule has 3 unspecified atom stereocenters. The van der Waals surface area contributed by atoms with Crippen molar-refractivity contribution in [2.45, 2.75) is 149 Å². The molecule has 6 aromatic rings. The summed E-state index contributed by atoms with van der Waals surface area (Å²) in [5.41, 5.74) is 13.3. The van der Waals surface area contributed by atoms with Crippen molar-refractivity contribution in [3.8, 4) is 27.3 Å². The van der Waals surface area contributed by atoms with Crippen molar-refractivity contribution in [3.63, 3.8) is 0 Å². The number of carbonyl (C=O) groups excluding carboxylic acids is 3. The highest BCUT2D eigenvalue weighted by molar-refractivity contribution is 7.13. The summed E-state index contributed by atoms with van der Waals surface area (Å²) >= 11 is 14.2. The van der Waals surface area contributed by atoms with Gasteiger partial charge >= 0.3 is 0 Å². The van der Waals surface area contributed by atoms with Gasteiger partial charge in [0.1, 0.15) is 24.0 Å². The molecule has 77 heavy (non-hydrogen) atoms. The highest BCUT2D eigenvalue weighted by Crippen LogP contribution is 2.38. The molecule has 5 N–H and O–H groups in total. The number of carbonyl (C=O) groups is 3. The number of nitrogen functional groups attached to an aromatic ring is 1. The fourth-order valence-corrected chi connectivity index (χ4v) is 11.6. The van der Waals surface area contributed by atoms with Crippen LogP contribution in [0.2, 0.25) is 10.0 Å². The number of nitrogens with two attached hydrogens (primary N) is 1. The average Bonchev–Trinajstić information content (AvgIpc) is 4.26. The first-order valence-electron chi connectivity index (χ1n) is 26.7. The second-order valence-electron chi connectivity index (χ2n) is 21.5. The average molecular weight is 1110 g/mol. The molecule has 2 aromatic carbocycles. The first-order valence-corrected chi connectivity index (χ1v) is 28.3. The van der Waals surface area contributed by atoms with Crippen LogP contribution in [0.1, 0.15) is 127 Å². The number of likely N-dealkylation sites (tertiary alicyclic amines) is 2. The Morgan fingerprint density at radius 2 is 1.74 bits per heavy atom. The number of ether oxygens (including phenoxy) is 1. The number of anilines is 1. The largest absolute Gasteiger partial charge is 0.482 e. The van der Waals surface area contributed by atoms with E-state index in [9.17, 15) is 23.9 Å². The maximum absolute atomic E-state index is 14.2. The molecule has 0 radical (unpaired) electrons. The topological polar surface area (TPSA) is 212 Å². The summed E-state index contributed by atoms with van der Waals surface area (Å²) in [6.07, 6.45) is 14.8. The van der Waals surface area contributed by atoms with Gasteiger partial charge in [-0.15, -0.1) is 16.4 Å². The minimum absolute atomic E-state index is 0.0260. The number of nitrogens with one attached hydrogen (secondary N) is 2. The van der Waals surface area contributed by atoms with E-state index in [1.165, 1.54) is 17.0 Å². The highest BCUT2D eigenvalue weighted by atomic mass is 35.5. The van der Waals surface area contributed by atoms with Gasteiger partial charge in [-0.1, -0.05) is 92.7 Å². The molecular weight excluding hydrogens is 1040 g/mol. The highest BCUT2D eigenvalue weighted by Gasteiger charge is 2.44. The zero-order valence-corrected chi connectivity index (χ0v) is 46.9. The number of thiazole rings is 1. The SMILES string of the molecule is Cc1ncsc1-c1ccc(CNC(=O)[C@@H]2C[C@@H](O)CN2C(=O)C(NC(=O)CCCCCCCn2cc(CCCN3CCCC(n4cc(-c5cnc(N)c(OC(C)c6c(Cl)ccc(F)c6Cl)c5)cn4)C3)nn2)C(C)(C)C)cc1. The lowest BCUT2D eigenvalue weighted by atomic mass is 9.85. The molecule has 2 saturated heterocycles. The molecule has 2 fully saturated rings. The lowest BCUT2D eigenvalue weighted by Gasteiger charge is -2.35. The summed E-state index contributed by atoms with van der Waals surface area (Å²) in [5, 5.41) is 30.3. The molecule has 0 saturated carbocycles. The van der Waals surface area contributed by atoms with Crippen LogP contribution in [0.15, 0.2) is 72.8 Å². The third kappa shape index (κ3) is 15.0. The lowest BCUT2D eigenvalue weighted by Crippen LogP contribution is -2.57. The Morgan fingerprint density at radius 1 is 0.961 bits per heavy atom. The minimum Gasteiger partial charge on any atom is -0.482 e. The second kappa shape index (κ2) is 26.1. The number of aliphatic hydroxyl groups excluding tert-OH is 1. The molecule has 2 aliphatic rings. The molecule has 17 nitrogen and oxygen atoms in total. The molecule has 8 rings (SSSR count). The number of nitrogens with zero attached hydrogens (tertiary/aromatic N) is 9. The quantitative estimate of drug-likeness (QED) is 0.0349. The van der Waals surface area contributed by atoms with Crippen LogP contribution in [-0.4, -0.2) is 112 Å². The van der Waals surface area contributed by atoms with Crippen LogP contribution in [-0.2, 0) is 33.9 Å². The van der Waals surface area contributed by atoms with E-state index in [4.69, 9.17) is 38.8 Å². The zero-order chi connectivity index (χ0) is 54.8. The number of amides is 3. The fourth-order valence-electron chi connectivity index (χ4n) is 10.2. The van der Waals surface area contributed by atoms with Crippen molar-refractivity contribution in [1.29, 1.82) is 0 Å². The molecule has 0 aliphatic carbocycles. The fraction of sp³-hybridized carbons (Fsp3) is 0.500. The Kier molecular flexibility index (Phi) is 19.4. The monoisotopic (exact) mass is 1110 g/mol. The van der Waals surface area contributed by atoms with Gasteiger partial charge in [-0.25, -0.2) is 14.4 Å². The summed E-state index contributed by atoms with van der Waals surface area (Å²) in [6.45, 7) is 13.3. The Morgan fingerprint density at radius 3 is 2.51 bits per heavy atom. The Labute approximate surface area is 464 Å². The lowest BCUT2D eigenvalue weighted by molar-refractivity contribution is -0.144. The summed E-state index contributed by atoms with van der Waals surface area (Å²) < 4.78 is 24.3. The number of hydrogen-bond acceptors (Lipinski definition) is 13. The van der Waals surface area contributed by atoms with Crippen LogP contribution >= 0.6 is 34.5 Å². The molecular formula is C56H71Cl2FN12O5S. The molecule has 21 heteroatoms. The molecule has 4 aromatic heterocycles. The van der Waals surface area contributed by atoms with Gasteiger partial charge in [0.15, 0.2) is 11.6 Å². The van der Waals surface area contributed by atoms with Crippen molar-refractivity contribution < 1.29 is 28.6 Å². The van der Waals surface area contributed by atoms with Gasteiger partial charge < -0.3 is 36.0 Å². The van der Waals surface area contributed by atoms with Gasteiger partial charge in [-0.05, 0) is 100 Å². The number of hydrogen-bond donors (Lipinski definition) is 4. The normalized spacial score (nSPS) is 17.8. The number of aliphatic hydroxyl groups is 1. The molecule has 0 spiro atoms. The number of benzene rings is 2. The number of rotatable bonds is 23. The predicted molar refractivity (Wildman–Crippen MR) is 298 cm³/mol. The van der Waals surface area contributed by atoms with Gasteiger partial charge in [0.05, 0.1) is 45.1 Å². The van der Waals surface area contributed by atoms with E-state index in [0.717, 1.165) is 116 Å². The Hall–Kier alpha value is -5.99. The molecule has 5 atom stereocenters. The summed E-state index contributed by atoms with van der Waals surface area (Å²) in [6, 6.07) is 10.9. The van der Waals surface area contributed by atoms with Gasteiger partial charge in [0, 0.05) is 79.3 Å². The van der Waals surface area contributed by atoms with E-state index in [0.29, 0.717) is 22.8 Å². The Balaban J connectivity index is 0.711. The molecule has 3 amide bonds. The number of unbranched alkanes of at least 4 members (excludes halogenated alkanes) is 4. The van der Waals surface area contributed by atoms with Crippen LogP contribution < -0.4 is 21.1 Å². The zero-order valence-electron chi connectivity index (χ0n) is 44.6. The smallest absolute Gasteiger partial charge is 0.246 e. The van der Waals surface area contributed by atoms with Gasteiger partial charge in [0.25, 0.3) is 0 Å². The first kappa shape index (κ1) is 57.2. The molecule has 6 heterocycles. The van der Waals surface area contributed by atoms with Crippen LogP contribution in [0.5, 0.6) is 5.75 Å². The predicted octanol–water partition coefficient (Wildman–Crippen LogP) is 9.56. The van der Waals surface area contributed by atoms with Gasteiger partial charge in [-0.3, -0.25) is 23.7 Å². The van der Waals surface area contributed by atoms with Crippen LogP contribution in [0.3, 0.4) is 0 Å². The maximum atomic E-state index is 14.2. The maximum Gasteiger partial charge on any atom is 0.246 e. The number of aryl methyl sites for hydroxylation is 3. The first-order chi connectivity index (χ1) is 36.9. The van der Waals surface area contributed by atoms with E-state index in [1.54, 1.807) is 30.5 Å². The standard InChI is InChI=1S/C56H71Cl2FN12O5S/c1-35-51(77-34-63-35)38-18-16-37(17-19-38)27-62-54(74)46-26-43(72)33-70(46)55(75)52(56(3,4)5)65-48(73)15-9-7-6-8-10-24-69-31-41(66-67-69)13-11-22-68-23-12-14-42(32-68)71-30-40(29-64-71)39-25-47(53(60)61-28-39)76-36(2)49-44(57)20-21-45(59)50(49)58/h16-21,25,28-31,34,36,42-43,46,52,72H,6-15,22-24,26-27,32-33H2,1-5H3,(H2,60,61)(H,62,74)(H,65,73)/t36?,42?,43-,46+,52?/m1/s1. The summed E-state index contributed by atoms with van der Waals surface area (Å²) in [5.74, 6) is -0.975. The van der Waals surface area contributed by atoms with E-state index < -0.39 is 35.5 Å². The summed E-state index contributed by atoms with van der Waals surface area (Å²) in [4.78, 5) is 54.5. The number of aromatic nitrogens is 7. The molecule has 0 bridgehead atoms. The van der Waals surface area contributed by atoms with Crippen molar-refractivity contribution in [2.24, 2.45) is 5.41 Å². The van der Waals surface area contributed by atoms with E-state index in [-0.39, 0.29) is 60.5 Å². The third-order valence-corrected chi connectivity index (χ3v) is 16.1. The van der Waals surface area contributed by atoms with E-state index >= 15 is 0 Å². The van der Waals surface area contributed by atoms with Gasteiger partial charge in [-0.2, -0.15) is 5.10 Å². The van der Waals surface area contributed by atoms with Crippen molar-refractivity contribution in [2.75, 3.05) is 31.9 Å². The van der Waals surface area contributed by atoms with Crippen LogP contribution in [0.4, 0.5) is 10.2 Å². The number of piperidine rings is 1. The van der Waals surface area contributed by atoms with Crippen molar-refractivity contribution in [1.82, 2.24) is 55.2 Å². The Bertz CT molecular complexity index is 2960. The van der Waals surface area contributed by atoms with Crippen molar-refractivity contribution in [3.05, 3.63) is 111 Å².